The largest absolute Gasteiger partial charge is 0.465 e. The Labute approximate surface area is 235 Å². The summed E-state index contributed by atoms with van der Waals surface area (Å²) in [6, 6.07) is 5.94. The Morgan fingerprint density at radius 3 is 2.81 bits per heavy atom. The zero-order chi connectivity index (χ0) is 26.5. The van der Waals surface area contributed by atoms with Crippen LogP contribution in [-0.4, -0.2) is 54.7 Å². The number of hydrogen-bond donors (Lipinski definition) is 1. The summed E-state index contributed by atoms with van der Waals surface area (Å²) in [4.78, 5) is 43.8. The molecule has 1 aliphatic carbocycles. The van der Waals surface area contributed by atoms with E-state index in [0.717, 1.165) is 44.4 Å². The normalized spacial score (nSPS) is 15.6. The number of nitrogens with zero attached hydrogens (tertiary/aromatic N) is 2. The van der Waals surface area contributed by atoms with Gasteiger partial charge >= 0.3 is 5.97 Å². The Kier molecular flexibility index (Phi) is 9.62. The summed E-state index contributed by atoms with van der Waals surface area (Å²) in [6.45, 7) is 3.26. The Morgan fingerprint density at radius 1 is 1.24 bits per heavy atom. The molecule has 1 N–H and O–H groups in total. The van der Waals surface area contributed by atoms with Gasteiger partial charge in [-0.2, -0.15) is 4.99 Å². The number of carbonyl (C=O) groups excluding carboxylic acids is 3. The van der Waals surface area contributed by atoms with Gasteiger partial charge in [0.2, 0.25) is 5.91 Å². The molecule has 12 heteroatoms. The molecule has 1 aromatic carbocycles. The van der Waals surface area contributed by atoms with Crippen LogP contribution in [0.3, 0.4) is 0 Å². The first-order valence-electron chi connectivity index (χ1n) is 11.8. The Balaban J connectivity index is 1.41. The monoisotopic (exact) mass is 625 g/mol. The number of rotatable bonds is 9. The number of hydrogen-bond acceptors (Lipinski definition) is 8. The second-order valence-corrected chi connectivity index (χ2v) is 12.8. The molecule has 0 saturated heterocycles. The summed E-state index contributed by atoms with van der Waals surface area (Å²) in [7, 11) is 2.98. The smallest absolute Gasteiger partial charge is 0.341 e. The molecule has 8 nitrogen and oxygen atoms in total. The van der Waals surface area contributed by atoms with Crippen molar-refractivity contribution < 1.29 is 23.9 Å². The summed E-state index contributed by atoms with van der Waals surface area (Å²) in [5, 5.41) is 3.40. The molecule has 0 aliphatic heterocycles. The minimum atomic E-state index is -0.430. The van der Waals surface area contributed by atoms with Crippen LogP contribution in [0.25, 0.3) is 10.2 Å². The third kappa shape index (κ3) is 6.72. The number of carbonyl (C=O) groups is 3. The van der Waals surface area contributed by atoms with E-state index in [4.69, 9.17) is 9.47 Å². The fourth-order valence-corrected chi connectivity index (χ4v) is 7.86. The van der Waals surface area contributed by atoms with Crippen LogP contribution in [0.5, 0.6) is 0 Å². The van der Waals surface area contributed by atoms with Crippen molar-refractivity contribution in [3.05, 3.63) is 43.5 Å². The lowest BCUT2D eigenvalue weighted by Crippen LogP contribution is -2.20. The van der Waals surface area contributed by atoms with Gasteiger partial charge in [-0.15, -0.1) is 23.1 Å². The van der Waals surface area contributed by atoms with Crippen LogP contribution >= 0.6 is 50.4 Å². The average molecular weight is 627 g/mol. The van der Waals surface area contributed by atoms with E-state index in [2.05, 4.69) is 33.2 Å². The highest BCUT2D eigenvalue weighted by molar-refractivity contribution is 9.10. The number of thiazole rings is 1. The minimum Gasteiger partial charge on any atom is -0.465 e. The van der Waals surface area contributed by atoms with Gasteiger partial charge in [0.1, 0.15) is 5.00 Å². The second-order valence-electron chi connectivity index (χ2n) is 8.74. The molecule has 2 aromatic heterocycles. The van der Waals surface area contributed by atoms with E-state index >= 15 is 0 Å². The molecule has 1 unspecified atom stereocenters. The van der Waals surface area contributed by atoms with Crippen molar-refractivity contribution in [3.63, 3.8) is 0 Å². The number of fused-ring (bicyclic) bond motifs is 2. The van der Waals surface area contributed by atoms with Crippen molar-refractivity contribution in [1.82, 2.24) is 4.57 Å². The van der Waals surface area contributed by atoms with E-state index in [-0.39, 0.29) is 23.3 Å². The maximum absolute atomic E-state index is 12.7. The molecule has 4 rings (SSSR count). The van der Waals surface area contributed by atoms with Gasteiger partial charge in [-0.3, -0.25) is 9.59 Å². The third-order valence-electron chi connectivity index (χ3n) is 6.00. The van der Waals surface area contributed by atoms with Gasteiger partial charge in [0, 0.05) is 23.0 Å². The molecule has 0 spiro atoms. The van der Waals surface area contributed by atoms with Gasteiger partial charge in [0.25, 0.3) is 5.91 Å². The number of benzene rings is 1. The molecule has 1 aliphatic rings. The van der Waals surface area contributed by atoms with Gasteiger partial charge in [-0.05, 0) is 48.9 Å². The van der Waals surface area contributed by atoms with Crippen molar-refractivity contribution in [2.75, 3.05) is 37.6 Å². The predicted octanol–water partition coefficient (Wildman–Crippen LogP) is 4.88. The van der Waals surface area contributed by atoms with Crippen LogP contribution in [0.4, 0.5) is 5.00 Å². The quantitative estimate of drug-likeness (QED) is 0.340. The van der Waals surface area contributed by atoms with Crippen LogP contribution < -0.4 is 10.1 Å². The molecule has 1 atom stereocenters. The fourth-order valence-electron chi connectivity index (χ4n) is 4.22. The fraction of sp³-hybridized carbons (Fsp3) is 0.440. The lowest BCUT2D eigenvalue weighted by molar-refractivity contribution is -0.115. The Morgan fingerprint density at radius 2 is 2.05 bits per heavy atom. The molecule has 2 heterocycles. The molecule has 0 radical (unpaired) electrons. The van der Waals surface area contributed by atoms with Gasteiger partial charge < -0.3 is 19.4 Å². The van der Waals surface area contributed by atoms with E-state index in [1.807, 2.05) is 22.8 Å². The number of anilines is 1. The van der Waals surface area contributed by atoms with Crippen molar-refractivity contribution in [1.29, 1.82) is 0 Å². The number of thiophene rings is 1. The Hall–Kier alpha value is -1.99. The first-order chi connectivity index (χ1) is 17.8. The Bertz CT molecular complexity index is 1390. The van der Waals surface area contributed by atoms with Crippen LogP contribution in [0.15, 0.2) is 27.7 Å². The maximum Gasteiger partial charge on any atom is 0.341 e. The zero-order valence-electron chi connectivity index (χ0n) is 20.8. The first-order valence-corrected chi connectivity index (χ1v) is 15.3. The number of esters is 1. The number of amides is 2. The predicted molar refractivity (Wildman–Crippen MR) is 153 cm³/mol. The van der Waals surface area contributed by atoms with Gasteiger partial charge in [-0.1, -0.05) is 34.2 Å². The van der Waals surface area contributed by atoms with E-state index in [0.29, 0.717) is 34.4 Å². The van der Waals surface area contributed by atoms with E-state index in [1.54, 1.807) is 7.11 Å². The zero-order valence-corrected chi connectivity index (χ0v) is 24.8. The summed E-state index contributed by atoms with van der Waals surface area (Å²) in [5.74, 6) is -0.328. The van der Waals surface area contributed by atoms with Crippen molar-refractivity contribution >= 4 is 83.4 Å². The molecule has 0 fully saturated rings. The van der Waals surface area contributed by atoms with Crippen LogP contribution in [0, 0.1) is 5.92 Å². The molecule has 37 heavy (non-hydrogen) atoms. The van der Waals surface area contributed by atoms with Gasteiger partial charge in [0.15, 0.2) is 4.80 Å². The van der Waals surface area contributed by atoms with Crippen molar-refractivity contribution in [2.45, 2.75) is 32.7 Å². The van der Waals surface area contributed by atoms with Crippen LogP contribution in [-0.2, 0) is 38.4 Å². The van der Waals surface area contributed by atoms with Gasteiger partial charge in [-0.25, -0.2) is 4.79 Å². The summed E-state index contributed by atoms with van der Waals surface area (Å²) in [5.41, 5.74) is 2.44. The highest BCUT2D eigenvalue weighted by Gasteiger charge is 2.28. The van der Waals surface area contributed by atoms with E-state index in [9.17, 15) is 14.4 Å². The highest BCUT2D eigenvalue weighted by Crippen LogP contribution is 2.40. The number of aromatic nitrogens is 1. The third-order valence-corrected chi connectivity index (χ3v) is 9.62. The van der Waals surface area contributed by atoms with Crippen LogP contribution in [0.1, 0.15) is 34.1 Å². The first kappa shape index (κ1) is 28.0. The maximum atomic E-state index is 12.7. The molecular formula is C25H28BrN3O5S3. The minimum absolute atomic E-state index is 0.0674. The van der Waals surface area contributed by atoms with Crippen molar-refractivity contribution in [3.8, 4) is 0 Å². The number of thioether (sulfide) groups is 1. The van der Waals surface area contributed by atoms with E-state index < -0.39 is 5.97 Å². The average Bonchev–Trinajstić information content (AvgIpc) is 3.37. The number of methoxy groups -OCH3 is 2. The summed E-state index contributed by atoms with van der Waals surface area (Å²) < 4.78 is 14.1. The molecule has 2 amide bonds. The lowest BCUT2D eigenvalue weighted by Gasteiger charge is -2.18. The number of ether oxygens (including phenoxy) is 2. The summed E-state index contributed by atoms with van der Waals surface area (Å²) >= 11 is 7.56. The van der Waals surface area contributed by atoms with E-state index in [1.165, 1.54) is 41.5 Å². The number of nitrogens with one attached hydrogen (secondary N) is 1. The van der Waals surface area contributed by atoms with Crippen LogP contribution in [0.2, 0.25) is 0 Å². The lowest BCUT2D eigenvalue weighted by atomic mass is 9.88. The standard InChI is InChI=1S/C25H28BrN3O5S3/c1-14-4-6-16-18(10-14)36-23(22(16)24(32)34-3)27-20(30)12-35-13-21(31)28-25-29(8-9-33-2)17-7-5-15(26)11-19(17)37-25/h5,7,11,14H,4,6,8-10,12-13H2,1-3H3,(H,27,30). The SMILES string of the molecule is COCCn1c(=NC(=O)CSCC(=O)Nc2sc3c(c2C(=O)OC)CCC(C)C3)sc2cc(Br)ccc21. The van der Waals surface area contributed by atoms with Gasteiger partial charge in [0.05, 0.1) is 41.0 Å². The second kappa shape index (κ2) is 12.7. The molecule has 198 valence electrons. The highest BCUT2D eigenvalue weighted by atomic mass is 79.9. The molecular weight excluding hydrogens is 598 g/mol. The van der Waals surface area contributed by atoms with Crippen molar-refractivity contribution in [2.24, 2.45) is 10.9 Å². The molecule has 0 bridgehead atoms. The molecule has 0 saturated carbocycles. The molecule has 3 aromatic rings. The number of halogens is 1. The topological polar surface area (TPSA) is 99.0 Å². The summed E-state index contributed by atoms with van der Waals surface area (Å²) in [6.07, 6.45) is 2.70.